The second kappa shape index (κ2) is 3.77. The number of ether oxygens (including phenoxy) is 1. The van der Waals surface area contributed by atoms with Crippen LogP contribution in [0.2, 0.25) is 0 Å². The second-order valence-corrected chi connectivity index (χ2v) is 5.00. The maximum absolute atomic E-state index is 11.3. The molecular formula is C10H20N2O2. The standard InChI is InChI=1S/C10H20N2O2/c1-6(7-5-8(7)11)12-9(13)14-10(2,3)4/h6-8H,5,11H2,1-4H3,(H,12,13)/t6-,7+,8+/m1/s1. The summed E-state index contributed by atoms with van der Waals surface area (Å²) in [5, 5.41) is 2.79. The molecule has 82 valence electrons. The average Bonchev–Trinajstić information content (AvgIpc) is 2.61. The van der Waals surface area contributed by atoms with Gasteiger partial charge in [0.05, 0.1) is 0 Å². The van der Waals surface area contributed by atoms with E-state index in [0.29, 0.717) is 5.92 Å². The molecule has 0 aromatic rings. The van der Waals surface area contributed by atoms with E-state index in [1.165, 1.54) is 0 Å². The van der Waals surface area contributed by atoms with Crippen LogP contribution >= 0.6 is 0 Å². The number of carbonyl (C=O) groups excluding carboxylic acids is 1. The van der Waals surface area contributed by atoms with Crippen LogP contribution in [0.25, 0.3) is 0 Å². The molecule has 14 heavy (non-hydrogen) atoms. The van der Waals surface area contributed by atoms with Crippen LogP contribution < -0.4 is 11.1 Å². The molecule has 0 bridgehead atoms. The van der Waals surface area contributed by atoms with E-state index in [1.54, 1.807) is 0 Å². The summed E-state index contributed by atoms with van der Waals surface area (Å²) >= 11 is 0. The lowest BCUT2D eigenvalue weighted by Crippen LogP contribution is -2.39. The molecule has 0 radical (unpaired) electrons. The summed E-state index contributed by atoms with van der Waals surface area (Å²) in [6, 6.07) is 0.361. The second-order valence-electron chi connectivity index (χ2n) is 5.00. The van der Waals surface area contributed by atoms with Crippen molar-refractivity contribution in [2.45, 2.75) is 51.8 Å². The van der Waals surface area contributed by atoms with Crippen LogP contribution in [0.15, 0.2) is 0 Å². The maximum atomic E-state index is 11.3. The van der Waals surface area contributed by atoms with Crippen molar-refractivity contribution in [1.82, 2.24) is 5.32 Å². The van der Waals surface area contributed by atoms with Gasteiger partial charge in [0, 0.05) is 12.1 Å². The number of nitrogens with two attached hydrogens (primary N) is 1. The molecule has 1 saturated carbocycles. The average molecular weight is 200 g/mol. The van der Waals surface area contributed by atoms with Crippen molar-refractivity contribution in [3.63, 3.8) is 0 Å². The monoisotopic (exact) mass is 200 g/mol. The first-order valence-electron chi connectivity index (χ1n) is 5.04. The molecule has 0 unspecified atom stereocenters. The highest BCUT2D eigenvalue weighted by molar-refractivity contribution is 5.68. The van der Waals surface area contributed by atoms with Gasteiger partial charge in [-0.2, -0.15) is 0 Å². The van der Waals surface area contributed by atoms with Crippen molar-refractivity contribution in [2.75, 3.05) is 0 Å². The van der Waals surface area contributed by atoms with Crippen LogP contribution in [0.1, 0.15) is 34.1 Å². The maximum Gasteiger partial charge on any atom is 0.407 e. The largest absolute Gasteiger partial charge is 0.444 e. The third-order valence-corrected chi connectivity index (χ3v) is 2.28. The molecule has 1 aliphatic rings. The van der Waals surface area contributed by atoms with Gasteiger partial charge in [-0.15, -0.1) is 0 Å². The first-order chi connectivity index (χ1) is 6.29. The Bertz CT molecular complexity index is 223. The Morgan fingerprint density at radius 1 is 1.57 bits per heavy atom. The molecule has 0 heterocycles. The minimum absolute atomic E-state index is 0.111. The summed E-state index contributed by atoms with van der Waals surface area (Å²) in [7, 11) is 0. The lowest BCUT2D eigenvalue weighted by molar-refractivity contribution is 0.0502. The van der Waals surface area contributed by atoms with Crippen molar-refractivity contribution in [3.8, 4) is 0 Å². The first kappa shape index (κ1) is 11.3. The Balaban J connectivity index is 2.27. The van der Waals surface area contributed by atoms with E-state index in [2.05, 4.69) is 5.32 Å². The number of amides is 1. The van der Waals surface area contributed by atoms with Crippen molar-refractivity contribution in [1.29, 1.82) is 0 Å². The Kier molecular flexibility index (Phi) is 3.04. The fourth-order valence-electron chi connectivity index (χ4n) is 1.41. The van der Waals surface area contributed by atoms with Gasteiger partial charge in [-0.3, -0.25) is 0 Å². The van der Waals surface area contributed by atoms with Crippen LogP contribution in [-0.2, 0) is 4.74 Å². The van der Waals surface area contributed by atoms with Crippen LogP contribution in [0.4, 0.5) is 4.79 Å². The molecule has 1 fully saturated rings. The third-order valence-electron chi connectivity index (χ3n) is 2.28. The van der Waals surface area contributed by atoms with Crippen LogP contribution in [0.5, 0.6) is 0 Å². The van der Waals surface area contributed by atoms with E-state index in [0.717, 1.165) is 6.42 Å². The summed E-state index contributed by atoms with van der Waals surface area (Å²) in [6.07, 6.45) is 0.640. The van der Waals surface area contributed by atoms with Crippen LogP contribution in [0.3, 0.4) is 0 Å². The summed E-state index contributed by atoms with van der Waals surface area (Å²) in [5.74, 6) is 0.419. The SMILES string of the molecule is C[C@@H](NC(=O)OC(C)(C)C)[C@@H]1C[C@@H]1N. The van der Waals surface area contributed by atoms with Gasteiger partial charge in [-0.1, -0.05) is 0 Å². The lowest BCUT2D eigenvalue weighted by Gasteiger charge is -2.21. The Hall–Kier alpha value is -0.770. The Morgan fingerprint density at radius 2 is 2.07 bits per heavy atom. The van der Waals surface area contributed by atoms with Crippen molar-refractivity contribution in [3.05, 3.63) is 0 Å². The van der Waals surface area contributed by atoms with Gasteiger partial charge < -0.3 is 15.8 Å². The fourth-order valence-corrected chi connectivity index (χ4v) is 1.41. The van der Waals surface area contributed by atoms with Gasteiger partial charge >= 0.3 is 6.09 Å². The predicted molar refractivity (Wildman–Crippen MR) is 54.9 cm³/mol. The third kappa shape index (κ3) is 3.54. The van der Waals surface area contributed by atoms with E-state index >= 15 is 0 Å². The molecular weight excluding hydrogens is 180 g/mol. The summed E-state index contributed by atoms with van der Waals surface area (Å²) < 4.78 is 5.13. The topological polar surface area (TPSA) is 64.3 Å². The van der Waals surface area contributed by atoms with Crippen molar-refractivity contribution in [2.24, 2.45) is 11.7 Å². The van der Waals surface area contributed by atoms with Gasteiger partial charge in [0.2, 0.25) is 0 Å². The van der Waals surface area contributed by atoms with Crippen LogP contribution in [-0.4, -0.2) is 23.8 Å². The molecule has 3 atom stereocenters. The highest BCUT2D eigenvalue weighted by atomic mass is 16.6. The van der Waals surface area contributed by atoms with E-state index in [1.807, 2.05) is 27.7 Å². The highest BCUT2D eigenvalue weighted by Gasteiger charge is 2.39. The quantitative estimate of drug-likeness (QED) is 0.705. The zero-order valence-corrected chi connectivity index (χ0v) is 9.33. The zero-order valence-electron chi connectivity index (χ0n) is 9.33. The van der Waals surface area contributed by atoms with E-state index in [-0.39, 0.29) is 18.2 Å². The fraction of sp³-hybridized carbons (Fsp3) is 0.900. The number of rotatable bonds is 2. The smallest absolute Gasteiger partial charge is 0.407 e. The van der Waals surface area contributed by atoms with Gasteiger partial charge in [0.1, 0.15) is 5.60 Å². The molecule has 4 heteroatoms. The minimum atomic E-state index is -0.435. The number of carbonyl (C=O) groups is 1. The van der Waals surface area contributed by atoms with Crippen LogP contribution in [0, 0.1) is 5.92 Å². The summed E-state index contributed by atoms with van der Waals surface area (Å²) in [4.78, 5) is 11.3. The highest BCUT2D eigenvalue weighted by Crippen LogP contribution is 2.31. The molecule has 0 aliphatic heterocycles. The van der Waals surface area contributed by atoms with Gasteiger partial charge in [-0.05, 0) is 40.0 Å². The Labute approximate surface area is 85.2 Å². The molecule has 1 aliphatic carbocycles. The number of hydrogen-bond donors (Lipinski definition) is 2. The molecule has 0 aromatic carbocycles. The molecule has 1 amide bonds. The molecule has 1 rings (SSSR count). The van der Waals surface area contributed by atoms with E-state index in [4.69, 9.17) is 10.5 Å². The summed E-state index contributed by atoms with van der Waals surface area (Å²) in [6.45, 7) is 7.50. The minimum Gasteiger partial charge on any atom is -0.444 e. The van der Waals surface area contributed by atoms with Gasteiger partial charge in [0.15, 0.2) is 0 Å². The summed E-state index contributed by atoms with van der Waals surface area (Å²) in [5.41, 5.74) is 5.24. The van der Waals surface area contributed by atoms with E-state index in [9.17, 15) is 4.79 Å². The van der Waals surface area contributed by atoms with Crippen molar-refractivity contribution >= 4 is 6.09 Å². The number of nitrogens with one attached hydrogen (secondary N) is 1. The molecule has 3 N–H and O–H groups in total. The Morgan fingerprint density at radius 3 is 2.43 bits per heavy atom. The predicted octanol–water partition coefficient (Wildman–Crippen LogP) is 1.25. The molecule has 0 aromatic heterocycles. The van der Waals surface area contributed by atoms with Crippen molar-refractivity contribution < 1.29 is 9.53 Å². The lowest BCUT2D eigenvalue weighted by atomic mass is 10.2. The zero-order chi connectivity index (χ0) is 10.9. The first-order valence-corrected chi connectivity index (χ1v) is 5.04. The van der Waals surface area contributed by atoms with Gasteiger partial charge in [-0.25, -0.2) is 4.79 Å². The normalized spacial score (nSPS) is 28.1. The molecule has 4 nitrogen and oxygen atoms in total. The van der Waals surface area contributed by atoms with E-state index < -0.39 is 5.60 Å². The molecule has 0 spiro atoms. The number of alkyl carbamates (subject to hydrolysis) is 1. The molecule has 0 saturated heterocycles. The number of hydrogen-bond acceptors (Lipinski definition) is 3. The van der Waals surface area contributed by atoms with Gasteiger partial charge in [0.25, 0.3) is 0 Å².